The lowest BCUT2D eigenvalue weighted by Gasteiger charge is -2.29. The zero-order valence-electron chi connectivity index (χ0n) is 16.3. The van der Waals surface area contributed by atoms with E-state index in [9.17, 15) is 13.2 Å². The van der Waals surface area contributed by atoms with Gasteiger partial charge in [0.15, 0.2) is 0 Å². The van der Waals surface area contributed by atoms with E-state index in [0.29, 0.717) is 42.8 Å². The highest BCUT2D eigenvalue weighted by molar-refractivity contribution is 7.89. The molecular formula is C21H32N2O3S. The van der Waals surface area contributed by atoms with Crippen LogP contribution in [0.3, 0.4) is 0 Å². The lowest BCUT2D eigenvalue weighted by Crippen LogP contribution is -2.41. The van der Waals surface area contributed by atoms with E-state index >= 15 is 0 Å². The third-order valence-electron chi connectivity index (χ3n) is 5.97. The smallest absolute Gasteiger partial charge is 0.243 e. The Hall–Kier alpha value is -1.40. The molecule has 27 heavy (non-hydrogen) atoms. The van der Waals surface area contributed by atoms with Crippen LogP contribution in [0.1, 0.15) is 63.9 Å². The molecule has 150 valence electrons. The summed E-state index contributed by atoms with van der Waals surface area (Å²) in [6, 6.07) is 7.35. The van der Waals surface area contributed by atoms with Gasteiger partial charge in [-0.1, -0.05) is 38.3 Å². The van der Waals surface area contributed by atoms with E-state index in [0.717, 1.165) is 31.2 Å². The van der Waals surface area contributed by atoms with Crippen molar-refractivity contribution < 1.29 is 13.2 Å². The average Bonchev–Trinajstić information content (AvgIpc) is 2.69. The largest absolute Gasteiger partial charge is 0.353 e. The van der Waals surface area contributed by atoms with Gasteiger partial charge in [0.25, 0.3) is 0 Å². The standard InChI is InChI=1S/C21H32N2O3S/c1-17-7-3-4-8-20(17)22-21(24)14-11-18-9-12-19(13-10-18)27(25,26)23-15-5-2-6-16-23/h9-10,12-13,17,20H,2-8,11,14-16H2,1H3,(H,22,24). The molecule has 1 amide bonds. The van der Waals surface area contributed by atoms with Gasteiger partial charge in [-0.15, -0.1) is 0 Å². The van der Waals surface area contributed by atoms with Gasteiger partial charge in [-0.3, -0.25) is 4.79 Å². The number of piperidine rings is 1. The predicted molar refractivity (Wildman–Crippen MR) is 107 cm³/mol. The highest BCUT2D eigenvalue weighted by atomic mass is 32.2. The molecule has 2 fully saturated rings. The second kappa shape index (κ2) is 9.20. The Balaban J connectivity index is 1.52. The molecule has 1 heterocycles. The Morgan fingerprint density at radius 1 is 1.04 bits per heavy atom. The first-order valence-corrected chi connectivity index (χ1v) is 11.8. The number of nitrogens with zero attached hydrogens (tertiary/aromatic N) is 1. The van der Waals surface area contributed by atoms with E-state index in [-0.39, 0.29) is 5.91 Å². The van der Waals surface area contributed by atoms with Crippen LogP contribution in [0.5, 0.6) is 0 Å². The third-order valence-corrected chi connectivity index (χ3v) is 7.89. The van der Waals surface area contributed by atoms with E-state index in [2.05, 4.69) is 12.2 Å². The summed E-state index contributed by atoms with van der Waals surface area (Å²) in [5, 5.41) is 3.18. The number of amides is 1. The van der Waals surface area contributed by atoms with Crippen LogP contribution in [-0.4, -0.2) is 37.8 Å². The van der Waals surface area contributed by atoms with Crippen molar-refractivity contribution in [1.82, 2.24) is 9.62 Å². The third kappa shape index (κ3) is 5.32. The van der Waals surface area contributed by atoms with E-state index in [1.54, 1.807) is 16.4 Å². The summed E-state index contributed by atoms with van der Waals surface area (Å²) >= 11 is 0. The number of nitrogens with one attached hydrogen (secondary N) is 1. The summed E-state index contributed by atoms with van der Waals surface area (Å²) in [6.07, 6.45) is 8.79. The van der Waals surface area contributed by atoms with Crippen LogP contribution < -0.4 is 5.32 Å². The molecule has 2 aliphatic rings. The van der Waals surface area contributed by atoms with Gasteiger partial charge < -0.3 is 5.32 Å². The van der Waals surface area contributed by atoms with Crippen molar-refractivity contribution in [2.45, 2.75) is 75.6 Å². The minimum atomic E-state index is -3.38. The number of carbonyl (C=O) groups is 1. The normalized spacial score (nSPS) is 24.5. The molecule has 1 aliphatic carbocycles. The van der Waals surface area contributed by atoms with Gasteiger partial charge in [0.2, 0.25) is 15.9 Å². The predicted octanol–water partition coefficient (Wildman–Crippen LogP) is 3.49. The van der Waals surface area contributed by atoms with Crippen LogP contribution in [0.25, 0.3) is 0 Å². The van der Waals surface area contributed by atoms with Gasteiger partial charge in [-0.05, 0) is 55.7 Å². The number of rotatable bonds is 6. The molecule has 1 aromatic carbocycles. The SMILES string of the molecule is CC1CCCCC1NC(=O)CCc1ccc(S(=O)(=O)N2CCCCC2)cc1. The zero-order valence-corrected chi connectivity index (χ0v) is 17.1. The molecule has 2 unspecified atom stereocenters. The molecule has 1 aliphatic heterocycles. The fraction of sp³-hybridized carbons (Fsp3) is 0.667. The second-order valence-electron chi connectivity index (χ2n) is 8.04. The lowest BCUT2D eigenvalue weighted by atomic mass is 9.86. The van der Waals surface area contributed by atoms with E-state index in [1.807, 2.05) is 12.1 Å². The Morgan fingerprint density at radius 2 is 1.70 bits per heavy atom. The van der Waals surface area contributed by atoms with Crippen molar-refractivity contribution in [2.75, 3.05) is 13.1 Å². The Labute approximate surface area is 163 Å². The maximum atomic E-state index is 12.7. The summed E-state index contributed by atoms with van der Waals surface area (Å²) in [7, 11) is -3.38. The minimum Gasteiger partial charge on any atom is -0.353 e. The number of hydrogen-bond acceptors (Lipinski definition) is 3. The lowest BCUT2D eigenvalue weighted by molar-refractivity contribution is -0.122. The van der Waals surface area contributed by atoms with Gasteiger partial charge in [0, 0.05) is 25.6 Å². The van der Waals surface area contributed by atoms with Gasteiger partial charge in [-0.25, -0.2) is 8.42 Å². The summed E-state index contributed by atoms with van der Waals surface area (Å²) in [6.45, 7) is 3.44. The molecule has 1 saturated carbocycles. The molecule has 0 bridgehead atoms. The number of hydrogen-bond donors (Lipinski definition) is 1. The van der Waals surface area contributed by atoms with Crippen molar-refractivity contribution in [2.24, 2.45) is 5.92 Å². The maximum Gasteiger partial charge on any atom is 0.243 e. The molecule has 1 aromatic rings. The molecule has 5 nitrogen and oxygen atoms in total. The van der Waals surface area contributed by atoms with Crippen molar-refractivity contribution in [3.8, 4) is 0 Å². The van der Waals surface area contributed by atoms with Crippen molar-refractivity contribution in [3.05, 3.63) is 29.8 Å². The fourth-order valence-corrected chi connectivity index (χ4v) is 5.67. The molecule has 0 aromatic heterocycles. The molecule has 1 saturated heterocycles. The quantitative estimate of drug-likeness (QED) is 0.806. The average molecular weight is 393 g/mol. The summed E-state index contributed by atoms with van der Waals surface area (Å²) in [5.74, 6) is 0.653. The Kier molecular flexibility index (Phi) is 6.93. The van der Waals surface area contributed by atoms with Crippen LogP contribution in [0.15, 0.2) is 29.2 Å². The fourth-order valence-electron chi connectivity index (χ4n) is 4.15. The first-order valence-electron chi connectivity index (χ1n) is 10.4. The van der Waals surface area contributed by atoms with E-state index < -0.39 is 10.0 Å². The summed E-state index contributed by atoms with van der Waals surface area (Å²) in [5.41, 5.74) is 0.999. The van der Waals surface area contributed by atoms with Crippen molar-refractivity contribution >= 4 is 15.9 Å². The molecular weight excluding hydrogens is 360 g/mol. The first-order chi connectivity index (χ1) is 13.0. The molecule has 3 rings (SSSR count). The van der Waals surface area contributed by atoms with Crippen LogP contribution in [0.2, 0.25) is 0 Å². The first kappa shape index (κ1) is 20.3. The number of sulfonamides is 1. The topological polar surface area (TPSA) is 66.5 Å². The molecule has 2 atom stereocenters. The van der Waals surface area contributed by atoms with Crippen LogP contribution >= 0.6 is 0 Å². The van der Waals surface area contributed by atoms with Gasteiger partial charge in [0.05, 0.1) is 4.90 Å². The minimum absolute atomic E-state index is 0.0961. The van der Waals surface area contributed by atoms with Crippen LogP contribution in [-0.2, 0) is 21.2 Å². The van der Waals surface area contributed by atoms with E-state index in [1.165, 1.54) is 19.3 Å². The van der Waals surface area contributed by atoms with Gasteiger partial charge >= 0.3 is 0 Å². The highest BCUT2D eigenvalue weighted by Crippen LogP contribution is 2.24. The molecule has 1 N–H and O–H groups in total. The van der Waals surface area contributed by atoms with Gasteiger partial charge in [-0.2, -0.15) is 4.31 Å². The maximum absolute atomic E-state index is 12.7. The summed E-state index contributed by atoms with van der Waals surface area (Å²) < 4.78 is 26.9. The van der Waals surface area contributed by atoms with E-state index in [4.69, 9.17) is 0 Å². The number of aryl methyl sites for hydroxylation is 1. The number of benzene rings is 1. The van der Waals surface area contributed by atoms with Crippen molar-refractivity contribution in [1.29, 1.82) is 0 Å². The number of carbonyl (C=O) groups excluding carboxylic acids is 1. The van der Waals surface area contributed by atoms with Gasteiger partial charge in [0.1, 0.15) is 0 Å². The molecule has 0 spiro atoms. The Bertz CT molecular complexity index is 724. The highest BCUT2D eigenvalue weighted by Gasteiger charge is 2.26. The zero-order chi connectivity index (χ0) is 19.3. The van der Waals surface area contributed by atoms with Crippen molar-refractivity contribution in [3.63, 3.8) is 0 Å². The monoisotopic (exact) mass is 392 g/mol. The molecule has 6 heteroatoms. The molecule has 0 radical (unpaired) electrons. The summed E-state index contributed by atoms with van der Waals surface area (Å²) in [4.78, 5) is 12.6. The Morgan fingerprint density at radius 3 is 2.37 bits per heavy atom. The van der Waals surface area contributed by atoms with Crippen LogP contribution in [0.4, 0.5) is 0 Å². The second-order valence-corrected chi connectivity index (χ2v) is 9.98. The van der Waals surface area contributed by atoms with Crippen LogP contribution in [0, 0.1) is 5.92 Å².